The first kappa shape index (κ1) is 22.7. The summed E-state index contributed by atoms with van der Waals surface area (Å²) in [5.74, 6) is 0.484. The van der Waals surface area contributed by atoms with E-state index in [1.165, 1.54) is 0 Å². The molecule has 0 saturated heterocycles. The Balaban J connectivity index is 1.91. The van der Waals surface area contributed by atoms with Gasteiger partial charge in [-0.3, -0.25) is 9.59 Å². The number of nitrogens with two attached hydrogens (primary N) is 1. The van der Waals surface area contributed by atoms with E-state index in [2.05, 4.69) is 20.3 Å². The van der Waals surface area contributed by atoms with Crippen molar-refractivity contribution in [2.45, 2.75) is 20.5 Å². The number of nitrogens with one attached hydrogen (secondary N) is 1. The molecule has 0 aliphatic heterocycles. The lowest BCUT2D eigenvalue weighted by Crippen LogP contribution is -2.30. The lowest BCUT2D eigenvalue weighted by Gasteiger charge is -2.13. The number of aromatic nitrogens is 3. The Hall–Kier alpha value is -3.63. The molecule has 0 bridgehead atoms. The van der Waals surface area contributed by atoms with Crippen molar-refractivity contribution >= 4 is 23.8 Å². The molecule has 0 atom stereocenters. The molecule has 1 aromatic heterocycles. The van der Waals surface area contributed by atoms with Gasteiger partial charge in [-0.2, -0.15) is 15.0 Å². The molecule has 2 aromatic rings. The maximum atomic E-state index is 12.3. The smallest absolute Gasteiger partial charge is 0.325 e. The zero-order valence-corrected chi connectivity index (χ0v) is 17.5. The standard InChI is InChI=1S/C19H26N6O5/c1-5-28-13-8-7-12(9-14(13)29-6-2)17(27)21-10-16(26)30-11-15-22-18(20)24-19(23-15)25(3)4/h7-9H,5-6,10-11H2,1-4H3,(H,21,27)(H2,20,22,23,24). The molecule has 0 aliphatic rings. The Kier molecular flexibility index (Phi) is 8.15. The molecule has 1 amide bonds. The zero-order valence-electron chi connectivity index (χ0n) is 17.5. The third-order valence-electron chi connectivity index (χ3n) is 3.65. The molecule has 30 heavy (non-hydrogen) atoms. The minimum Gasteiger partial charge on any atom is -0.490 e. The minimum absolute atomic E-state index is 0.0219. The summed E-state index contributed by atoms with van der Waals surface area (Å²) in [6, 6.07) is 4.80. The number of amides is 1. The molecule has 11 heteroatoms. The van der Waals surface area contributed by atoms with E-state index in [9.17, 15) is 9.59 Å². The van der Waals surface area contributed by atoms with Crippen molar-refractivity contribution in [3.8, 4) is 11.5 Å². The fourth-order valence-corrected chi connectivity index (χ4v) is 2.33. The molecule has 0 spiro atoms. The summed E-state index contributed by atoms with van der Waals surface area (Å²) in [4.78, 5) is 38.0. The Morgan fingerprint density at radius 3 is 2.43 bits per heavy atom. The zero-order chi connectivity index (χ0) is 22.1. The van der Waals surface area contributed by atoms with Crippen molar-refractivity contribution in [1.82, 2.24) is 20.3 Å². The molecule has 3 N–H and O–H groups in total. The van der Waals surface area contributed by atoms with E-state index >= 15 is 0 Å². The first-order chi connectivity index (χ1) is 14.3. The van der Waals surface area contributed by atoms with Gasteiger partial charge in [-0.25, -0.2) is 0 Å². The van der Waals surface area contributed by atoms with Gasteiger partial charge in [0.15, 0.2) is 23.9 Å². The highest BCUT2D eigenvalue weighted by molar-refractivity contribution is 5.96. The molecule has 0 aliphatic carbocycles. The van der Waals surface area contributed by atoms with Crippen LogP contribution in [0.25, 0.3) is 0 Å². The summed E-state index contributed by atoms with van der Waals surface area (Å²) in [7, 11) is 3.50. The fourth-order valence-electron chi connectivity index (χ4n) is 2.33. The van der Waals surface area contributed by atoms with Gasteiger partial charge < -0.3 is 30.2 Å². The van der Waals surface area contributed by atoms with E-state index in [0.29, 0.717) is 36.2 Å². The number of benzene rings is 1. The second kappa shape index (κ2) is 10.8. The van der Waals surface area contributed by atoms with Crippen molar-refractivity contribution in [2.24, 2.45) is 0 Å². The van der Waals surface area contributed by atoms with Crippen LogP contribution in [0.4, 0.5) is 11.9 Å². The number of hydrogen-bond donors (Lipinski definition) is 2. The van der Waals surface area contributed by atoms with Crippen molar-refractivity contribution in [2.75, 3.05) is 44.5 Å². The summed E-state index contributed by atoms with van der Waals surface area (Å²) in [5, 5.41) is 2.50. The van der Waals surface area contributed by atoms with Crippen LogP contribution in [0, 0.1) is 0 Å². The Bertz CT molecular complexity index is 890. The normalized spacial score (nSPS) is 10.3. The highest BCUT2D eigenvalue weighted by Crippen LogP contribution is 2.28. The average molecular weight is 418 g/mol. The van der Waals surface area contributed by atoms with Crippen LogP contribution in [0.1, 0.15) is 30.0 Å². The molecule has 11 nitrogen and oxygen atoms in total. The molecule has 0 unspecified atom stereocenters. The third-order valence-corrected chi connectivity index (χ3v) is 3.65. The van der Waals surface area contributed by atoms with Crippen molar-refractivity contribution in [3.63, 3.8) is 0 Å². The molecule has 1 aromatic carbocycles. The molecule has 162 valence electrons. The average Bonchev–Trinajstić information content (AvgIpc) is 2.71. The van der Waals surface area contributed by atoms with Crippen LogP contribution in [-0.2, 0) is 16.1 Å². The predicted molar refractivity (Wildman–Crippen MR) is 109 cm³/mol. The molecule has 0 radical (unpaired) electrons. The van der Waals surface area contributed by atoms with Crippen LogP contribution in [0.2, 0.25) is 0 Å². The van der Waals surface area contributed by atoms with Crippen molar-refractivity contribution in [1.29, 1.82) is 0 Å². The summed E-state index contributed by atoms with van der Waals surface area (Å²) < 4.78 is 16.1. The van der Waals surface area contributed by atoms with E-state index in [0.717, 1.165) is 0 Å². The predicted octanol–water partition coefficient (Wildman–Crippen LogP) is 0.790. The Morgan fingerprint density at radius 1 is 1.07 bits per heavy atom. The van der Waals surface area contributed by atoms with Crippen LogP contribution in [0.3, 0.4) is 0 Å². The van der Waals surface area contributed by atoms with Crippen LogP contribution in [0.15, 0.2) is 18.2 Å². The topological polar surface area (TPSA) is 142 Å². The number of carbonyl (C=O) groups excluding carboxylic acids is 2. The quantitative estimate of drug-likeness (QED) is 0.532. The number of esters is 1. The molecular formula is C19H26N6O5. The lowest BCUT2D eigenvalue weighted by atomic mass is 10.2. The first-order valence-electron chi connectivity index (χ1n) is 9.35. The second-order valence-corrected chi connectivity index (χ2v) is 6.18. The number of ether oxygens (including phenoxy) is 3. The Morgan fingerprint density at radius 2 is 1.77 bits per heavy atom. The van der Waals surface area contributed by atoms with E-state index in [1.807, 2.05) is 13.8 Å². The van der Waals surface area contributed by atoms with Crippen LogP contribution in [-0.4, -0.2) is 60.7 Å². The van der Waals surface area contributed by atoms with Crippen molar-refractivity contribution in [3.05, 3.63) is 29.6 Å². The van der Waals surface area contributed by atoms with E-state index in [4.69, 9.17) is 19.9 Å². The summed E-state index contributed by atoms with van der Waals surface area (Å²) in [6.45, 7) is 4.07. The monoisotopic (exact) mass is 418 g/mol. The van der Waals surface area contributed by atoms with E-state index < -0.39 is 11.9 Å². The molecular weight excluding hydrogens is 392 g/mol. The lowest BCUT2D eigenvalue weighted by molar-refractivity contribution is -0.143. The number of nitrogen functional groups attached to an aromatic ring is 1. The summed E-state index contributed by atoms with van der Waals surface area (Å²) >= 11 is 0. The maximum Gasteiger partial charge on any atom is 0.325 e. The minimum atomic E-state index is -0.648. The summed E-state index contributed by atoms with van der Waals surface area (Å²) in [6.07, 6.45) is 0. The number of carbonyl (C=O) groups is 2. The molecule has 0 fully saturated rings. The number of rotatable bonds is 10. The van der Waals surface area contributed by atoms with Crippen LogP contribution in [0.5, 0.6) is 11.5 Å². The number of anilines is 2. The molecule has 2 rings (SSSR count). The number of hydrogen-bond acceptors (Lipinski definition) is 10. The third kappa shape index (κ3) is 6.47. The van der Waals surface area contributed by atoms with Crippen LogP contribution >= 0.6 is 0 Å². The van der Waals surface area contributed by atoms with E-state index in [1.54, 1.807) is 37.2 Å². The SMILES string of the molecule is CCOc1ccc(C(=O)NCC(=O)OCc2nc(N)nc(N(C)C)n2)cc1OCC. The van der Waals surface area contributed by atoms with Gasteiger partial charge in [-0.15, -0.1) is 0 Å². The van der Waals surface area contributed by atoms with Crippen molar-refractivity contribution < 1.29 is 23.8 Å². The molecule has 1 heterocycles. The van der Waals surface area contributed by atoms with Gasteiger partial charge in [0.25, 0.3) is 5.91 Å². The van der Waals surface area contributed by atoms with Gasteiger partial charge in [0.2, 0.25) is 11.9 Å². The fraction of sp³-hybridized carbons (Fsp3) is 0.421. The van der Waals surface area contributed by atoms with E-state index in [-0.39, 0.29) is 24.9 Å². The Labute approximate surface area is 174 Å². The van der Waals surface area contributed by atoms with Gasteiger partial charge in [0.1, 0.15) is 6.54 Å². The highest BCUT2D eigenvalue weighted by atomic mass is 16.5. The van der Waals surface area contributed by atoms with Gasteiger partial charge in [0, 0.05) is 19.7 Å². The maximum absolute atomic E-state index is 12.3. The molecule has 0 saturated carbocycles. The summed E-state index contributed by atoms with van der Waals surface area (Å²) in [5.41, 5.74) is 5.95. The van der Waals surface area contributed by atoms with Gasteiger partial charge in [-0.1, -0.05) is 0 Å². The number of nitrogens with zero attached hydrogens (tertiary/aromatic N) is 4. The highest BCUT2D eigenvalue weighted by Gasteiger charge is 2.14. The van der Waals surface area contributed by atoms with Gasteiger partial charge >= 0.3 is 5.97 Å². The van der Waals surface area contributed by atoms with Crippen LogP contribution < -0.4 is 25.4 Å². The van der Waals surface area contributed by atoms with Gasteiger partial charge in [-0.05, 0) is 32.0 Å². The largest absolute Gasteiger partial charge is 0.490 e. The van der Waals surface area contributed by atoms with Gasteiger partial charge in [0.05, 0.1) is 13.2 Å². The second-order valence-electron chi connectivity index (χ2n) is 6.18. The first-order valence-corrected chi connectivity index (χ1v) is 9.35.